The van der Waals surface area contributed by atoms with Crippen LogP contribution < -0.4 is 4.74 Å². The number of hydrogen-bond donors (Lipinski definition) is 0. The molecule has 0 fully saturated rings. The number of methoxy groups -OCH3 is 1. The maximum Gasteiger partial charge on any atom is 0.255 e. The fourth-order valence-electron chi connectivity index (χ4n) is 4.38. The van der Waals surface area contributed by atoms with Crippen LogP contribution in [0.5, 0.6) is 5.75 Å². The van der Waals surface area contributed by atoms with Crippen molar-refractivity contribution >= 4 is 14.2 Å². The summed E-state index contributed by atoms with van der Waals surface area (Å²) in [5.74, 6) is 1.70. The van der Waals surface area contributed by atoms with Crippen molar-refractivity contribution in [2.45, 2.75) is 38.1 Å². The van der Waals surface area contributed by atoms with E-state index in [-0.39, 0.29) is 18.0 Å². The van der Waals surface area contributed by atoms with Crippen LogP contribution in [-0.2, 0) is 4.43 Å². The van der Waals surface area contributed by atoms with E-state index < -0.39 is 8.32 Å². The first-order valence-corrected chi connectivity index (χ1v) is 14.7. The highest BCUT2D eigenvalue weighted by Gasteiger charge is 2.39. The highest BCUT2D eigenvalue weighted by molar-refractivity contribution is 6.70. The number of rotatable bonds is 6. The van der Waals surface area contributed by atoms with E-state index in [1.165, 1.54) is 0 Å². The van der Waals surface area contributed by atoms with Crippen molar-refractivity contribution < 1.29 is 14.0 Å². The van der Waals surface area contributed by atoms with Crippen LogP contribution in [0.15, 0.2) is 96.8 Å². The van der Waals surface area contributed by atoms with Crippen molar-refractivity contribution in [3.63, 3.8) is 0 Å². The summed E-state index contributed by atoms with van der Waals surface area (Å²) in [6.07, 6.45) is 2.73. The van der Waals surface area contributed by atoms with Crippen molar-refractivity contribution in [1.82, 2.24) is 4.90 Å². The molecule has 170 valence electrons. The van der Waals surface area contributed by atoms with Crippen LogP contribution in [-0.4, -0.2) is 26.2 Å². The molecule has 0 aromatic heterocycles. The first kappa shape index (κ1) is 22.9. The van der Waals surface area contributed by atoms with E-state index in [0.717, 1.165) is 22.6 Å². The fourth-order valence-corrected chi connectivity index (χ4v) is 5.32. The molecule has 0 N–H and O–H groups in total. The minimum Gasteiger partial charge on any atom is -0.547 e. The average molecular weight is 458 g/mol. The van der Waals surface area contributed by atoms with E-state index in [9.17, 15) is 4.79 Å². The Labute approximate surface area is 197 Å². The maximum absolute atomic E-state index is 14.0. The summed E-state index contributed by atoms with van der Waals surface area (Å²) in [6, 6.07) is 27.1. The monoisotopic (exact) mass is 457 g/mol. The van der Waals surface area contributed by atoms with E-state index in [1.807, 2.05) is 77.7 Å². The van der Waals surface area contributed by atoms with Gasteiger partial charge in [0.15, 0.2) is 0 Å². The van der Waals surface area contributed by atoms with Gasteiger partial charge in [0.2, 0.25) is 8.32 Å². The van der Waals surface area contributed by atoms with E-state index in [2.05, 4.69) is 37.8 Å². The summed E-state index contributed by atoms with van der Waals surface area (Å²) in [6.45, 7) is 6.56. The molecule has 4 rings (SSSR count). The van der Waals surface area contributed by atoms with Gasteiger partial charge in [0, 0.05) is 17.5 Å². The lowest BCUT2D eigenvalue weighted by Crippen LogP contribution is -2.41. The van der Waals surface area contributed by atoms with Crippen LogP contribution in [0.4, 0.5) is 0 Å². The molecule has 1 aliphatic heterocycles. The van der Waals surface area contributed by atoms with E-state index in [0.29, 0.717) is 12.0 Å². The molecule has 5 heteroatoms. The van der Waals surface area contributed by atoms with Crippen molar-refractivity contribution in [1.29, 1.82) is 0 Å². The largest absolute Gasteiger partial charge is 0.547 e. The lowest BCUT2D eigenvalue weighted by molar-refractivity contribution is 0.0564. The van der Waals surface area contributed by atoms with E-state index >= 15 is 0 Å². The second-order valence-corrected chi connectivity index (χ2v) is 13.7. The molecule has 0 radical (unpaired) electrons. The number of carbonyl (C=O) groups is 1. The smallest absolute Gasteiger partial charge is 0.255 e. The molecule has 0 saturated heterocycles. The van der Waals surface area contributed by atoms with Crippen LogP contribution >= 0.6 is 0 Å². The van der Waals surface area contributed by atoms with Gasteiger partial charge in [0.1, 0.15) is 5.75 Å². The Morgan fingerprint density at radius 2 is 1.48 bits per heavy atom. The Bertz CT molecular complexity index is 1120. The zero-order valence-electron chi connectivity index (χ0n) is 19.7. The molecule has 0 saturated carbocycles. The first-order chi connectivity index (χ1) is 15.9. The SMILES string of the molecule is COc1ccccc1[C@H]1CC(O[Si](C)(C)C)=C[C@H](c2ccccc2)N1C(=O)c1ccccc1. The van der Waals surface area contributed by atoms with Crippen LogP contribution in [0.25, 0.3) is 0 Å². The quantitative estimate of drug-likeness (QED) is 0.384. The number of amides is 1. The lowest BCUT2D eigenvalue weighted by atomic mass is 9.90. The number of nitrogens with zero attached hydrogens (tertiary/aromatic N) is 1. The van der Waals surface area contributed by atoms with Crippen molar-refractivity contribution in [2.75, 3.05) is 7.11 Å². The van der Waals surface area contributed by atoms with Gasteiger partial charge in [-0.25, -0.2) is 0 Å². The Kier molecular flexibility index (Phi) is 6.70. The molecule has 1 aliphatic rings. The fraction of sp³-hybridized carbons (Fsp3) is 0.250. The Balaban J connectivity index is 1.89. The molecular weight excluding hydrogens is 426 g/mol. The predicted molar refractivity (Wildman–Crippen MR) is 135 cm³/mol. The predicted octanol–water partition coefficient (Wildman–Crippen LogP) is 6.76. The zero-order valence-corrected chi connectivity index (χ0v) is 20.7. The van der Waals surface area contributed by atoms with Crippen molar-refractivity contribution in [2.24, 2.45) is 0 Å². The second kappa shape index (κ2) is 9.67. The van der Waals surface area contributed by atoms with Gasteiger partial charge in [-0.2, -0.15) is 0 Å². The van der Waals surface area contributed by atoms with Gasteiger partial charge < -0.3 is 14.1 Å². The summed E-state index contributed by atoms with van der Waals surface area (Å²) < 4.78 is 12.2. The summed E-state index contributed by atoms with van der Waals surface area (Å²) in [4.78, 5) is 16.0. The Morgan fingerprint density at radius 1 is 0.879 bits per heavy atom. The minimum absolute atomic E-state index is 0.0105. The third-order valence-corrected chi connectivity index (χ3v) is 6.58. The van der Waals surface area contributed by atoms with Gasteiger partial charge in [-0.05, 0) is 49.5 Å². The molecular formula is C28H31NO3Si. The molecule has 0 aliphatic carbocycles. The summed E-state index contributed by atoms with van der Waals surface area (Å²) in [7, 11) is -0.168. The van der Waals surface area contributed by atoms with Gasteiger partial charge in [-0.1, -0.05) is 66.7 Å². The van der Waals surface area contributed by atoms with E-state index in [1.54, 1.807) is 7.11 Å². The lowest BCUT2D eigenvalue weighted by Gasteiger charge is -2.43. The number of carbonyl (C=O) groups excluding carboxylic acids is 1. The highest BCUT2D eigenvalue weighted by Crippen LogP contribution is 2.45. The van der Waals surface area contributed by atoms with Crippen LogP contribution in [0, 0.1) is 0 Å². The molecule has 2 atom stereocenters. The van der Waals surface area contributed by atoms with Crippen LogP contribution in [0.3, 0.4) is 0 Å². The molecule has 1 amide bonds. The van der Waals surface area contributed by atoms with Crippen LogP contribution in [0.1, 0.15) is 40.0 Å². The maximum atomic E-state index is 14.0. The topological polar surface area (TPSA) is 38.8 Å². The van der Waals surface area contributed by atoms with Gasteiger partial charge in [-0.15, -0.1) is 0 Å². The first-order valence-electron chi connectivity index (χ1n) is 11.3. The van der Waals surface area contributed by atoms with Crippen molar-refractivity contribution in [3.8, 4) is 5.75 Å². The number of ether oxygens (including phenoxy) is 1. The van der Waals surface area contributed by atoms with Gasteiger partial charge >= 0.3 is 0 Å². The summed E-state index contributed by atoms with van der Waals surface area (Å²) >= 11 is 0. The Hall–Kier alpha value is -3.31. The normalized spacial score (nSPS) is 18.4. The third kappa shape index (κ3) is 5.20. The third-order valence-electron chi connectivity index (χ3n) is 5.71. The highest BCUT2D eigenvalue weighted by atomic mass is 28.4. The number of para-hydroxylation sites is 1. The van der Waals surface area contributed by atoms with Gasteiger partial charge in [0.25, 0.3) is 5.91 Å². The zero-order chi connectivity index (χ0) is 23.4. The second-order valence-electron chi connectivity index (χ2n) is 9.24. The molecule has 1 heterocycles. The standard InChI is InChI=1S/C28H31NO3Si/c1-31-27-18-12-11-17-24(27)26-20-23(32-33(2,3)4)19-25(21-13-7-5-8-14-21)29(26)28(30)22-15-9-6-10-16-22/h5-19,25-26H,20H2,1-4H3/t25-,26-/m1/s1. The van der Waals surface area contributed by atoms with Crippen molar-refractivity contribution in [3.05, 3.63) is 113 Å². The molecule has 4 nitrogen and oxygen atoms in total. The van der Waals surface area contributed by atoms with Gasteiger partial charge in [-0.3, -0.25) is 4.79 Å². The van der Waals surface area contributed by atoms with Crippen LogP contribution in [0.2, 0.25) is 19.6 Å². The molecule has 0 spiro atoms. The number of hydrogen-bond acceptors (Lipinski definition) is 3. The number of benzene rings is 3. The van der Waals surface area contributed by atoms with E-state index in [4.69, 9.17) is 9.16 Å². The van der Waals surface area contributed by atoms with Gasteiger partial charge in [0.05, 0.1) is 25.0 Å². The molecule has 3 aromatic rings. The molecule has 3 aromatic carbocycles. The Morgan fingerprint density at radius 3 is 2.12 bits per heavy atom. The molecule has 0 unspecified atom stereocenters. The average Bonchev–Trinajstić information content (AvgIpc) is 2.83. The molecule has 33 heavy (non-hydrogen) atoms. The minimum atomic E-state index is -1.84. The summed E-state index contributed by atoms with van der Waals surface area (Å²) in [5, 5.41) is 0. The molecule has 0 bridgehead atoms. The summed E-state index contributed by atoms with van der Waals surface area (Å²) in [5.41, 5.74) is 2.70.